The summed E-state index contributed by atoms with van der Waals surface area (Å²) in [5, 5.41) is 4.59. The van der Waals surface area contributed by atoms with Gasteiger partial charge in [0.15, 0.2) is 5.67 Å². The average molecular weight is 504 g/mol. The minimum absolute atomic E-state index is 0.0829. The van der Waals surface area contributed by atoms with Crippen LogP contribution in [0, 0.1) is 12.8 Å². The maximum absolute atomic E-state index is 15.2. The average Bonchev–Trinajstić information content (AvgIpc) is 3.24. The van der Waals surface area contributed by atoms with Gasteiger partial charge in [-0.25, -0.2) is 9.07 Å². The number of nitrogens with zero attached hydrogens (tertiary/aromatic N) is 3. The van der Waals surface area contributed by atoms with Gasteiger partial charge in [0.1, 0.15) is 11.8 Å². The predicted octanol–water partition coefficient (Wildman–Crippen LogP) is 6.85. The Labute approximate surface area is 209 Å². The summed E-state index contributed by atoms with van der Waals surface area (Å²) in [4.78, 5) is 2.13. The molecule has 1 fully saturated rings. The summed E-state index contributed by atoms with van der Waals surface area (Å²) in [5.41, 5.74) is 0.307. The van der Waals surface area contributed by atoms with Crippen molar-refractivity contribution in [3.05, 3.63) is 77.5 Å². The lowest BCUT2D eigenvalue weighted by atomic mass is 9.91. The Kier molecular flexibility index (Phi) is 7.19. The summed E-state index contributed by atoms with van der Waals surface area (Å²) in [5.74, 6) is 0.571. The second-order valence-electron chi connectivity index (χ2n) is 10.0. The van der Waals surface area contributed by atoms with Crippen LogP contribution in [0.5, 0.6) is 5.88 Å². The van der Waals surface area contributed by atoms with Gasteiger partial charge in [-0.1, -0.05) is 50.8 Å². The highest BCUT2D eigenvalue weighted by Crippen LogP contribution is 2.36. The lowest BCUT2D eigenvalue weighted by Crippen LogP contribution is -2.49. The lowest BCUT2D eigenvalue weighted by molar-refractivity contribution is -0.0885. The van der Waals surface area contributed by atoms with E-state index in [0.29, 0.717) is 36.7 Å². The molecule has 194 valence electrons. The summed E-state index contributed by atoms with van der Waals surface area (Å²) in [6, 6.07) is 9.15. The normalized spacial score (nSPS) is 24.9. The molecule has 1 aromatic carbocycles. The Balaban J connectivity index is 1.52. The van der Waals surface area contributed by atoms with Crippen molar-refractivity contribution in [3.8, 4) is 11.6 Å². The predicted molar refractivity (Wildman–Crippen MR) is 133 cm³/mol. The first-order valence-electron chi connectivity index (χ1n) is 12.3. The number of likely N-dealkylation sites (tertiary alicyclic amines) is 1. The molecule has 1 aliphatic heterocycles. The van der Waals surface area contributed by atoms with E-state index in [1.807, 2.05) is 31.2 Å². The third-order valence-electron chi connectivity index (χ3n) is 7.25. The van der Waals surface area contributed by atoms with Gasteiger partial charge in [-0.3, -0.25) is 4.90 Å². The van der Waals surface area contributed by atoms with Gasteiger partial charge in [0.2, 0.25) is 5.88 Å². The molecule has 36 heavy (non-hydrogen) atoms. The van der Waals surface area contributed by atoms with Crippen molar-refractivity contribution < 1.29 is 22.3 Å². The van der Waals surface area contributed by atoms with Crippen LogP contribution < -0.4 is 4.74 Å². The van der Waals surface area contributed by atoms with Gasteiger partial charge in [0.05, 0.1) is 17.3 Å². The molecule has 0 spiro atoms. The molecule has 4 nitrogen and oxygen atoms in total. The number of piperidine rings is 1. The van der Waals surface area contributed by atoms with Gasteiger partial charge in [-0.15, -0.1) is 0 Å². The maximum atomic E-state index is 15.2. The second-order valence-corrected chi connectivity index (χ2v) is 10.0. The molecule has 8 heteroatoms. The number of para-hydroxylation sites is 1. The van der Waals surface area contributed by atoms with E-state index in [0.717, 1.165) is 23.4 Å². The molecule has 2 aromatic rings. The molecule has 2 heterocycles. The molecule has 0 amide bonds. The Morgan fingerprint density at radius 2 is 1.92 bits per heavy atom. The first kappa shape index (κ1) is 26.2. The number of hydrogen-bond acceptors (Lipinski definition) is 3. The summed E-state index contributed by atoms with van der Waals surface area (Å²) < 4.78 is 62.5. The van der Waals surface area contributed by atoms with Crippen LogP contribution in [0.2, 0.25) is 0 Å². The van der Waals surface area contributed by atoms with Gasteiger partial charge >= 0.3 is 6.18 Å². The molecule has 4 unspecified atom stereocenters. The monoisotopic (exact) mass is 503 g/mol. The summed E-state index contributed by atoms with van der Waals surface area (Å²) in [6.07, 6.45) is 0.261. The zero-order valence-corrected chi connectivity index (χ0v) is 21.1. The molecule has 0 N–H and O–H groups in total. The summed E-state index contributed by atoms with van der Waals surface area (Å²) in [6.45, 7) is 12.5. The first-order chi connectivity index (χ1) is 16.9. The molecule has 1 aromatic heterocycles. The van der Waals surface area contributed by atoms with E-state index in [1.165, 1.54) is 6.92 Å². The van der Waals surface area contributed by atoms with E-state index in [9.17, 15) is 13.2 Å². The number of halogens is 4. The fourth-order valence-electron chi connectivity index (χ4n) is 4.78. The van der Waals surface area contributed by atoms with Crippen LogP contribution in [0.15, 0.2) is 66.3 Å². The van der Waals surface area contributed by atoms with Gasteiger partial charge in [-0.2, -0.15) is 18.3 Å². The Hall–Kier alpha value is -2.87. The number of alkyl halides is 4. The van der Waals surface area contributed by atoms with Crippen LogP contribution in [0.4, 0.5) is 17.6 Å². The van der Waals surface area contributed by atoms with E-state index in [1.54, 1.807) is 23.7 Å². The van der Waals surface area contributed by atoms with E-state index in [2.05, 4.69) is 23.5 Å². The zero-order valence-electron chi connectivity index (χ0n) is 21.1. The molecular formula is C28H33F4N3O. The van der Waals surface area contributed by atoms with E-state index < -0.39 is 17.4 Å². The van der Waals surface area contributed by atoms with Crippen molar-refractivity contribution in [1.29, 1.82) is 0 Å². The topological polar surface area (TPSA) is 30.3 Å². The molecule has 0 radical (unpaired) electrons. The summed E-state index contributed by atoms with van der Waals surface area (Å²) >= 11 is 0. The van der Waals surface area contributed by atoms with Crippen molar-refractivity contribution in [2.75, 3.05) is 13.1 Å². The SMILES string of the molecule is C=C1C=C(C(F)(F)F)C=CC1N1CCC(Oc2cc(C(C)(F)CC)nn2-c2ccccc2C)C(C)C1. The van der Waals surface area contributed by atoms with Crippen LogP contribution in [0.25, 0.3) is 5.69 Å². The van der Waals surface area contributed by atoms with Gasteiger partial charge in [-0.05, 0) is 50.0 Å². The molecule has 2 aliphatic rings. The minimum atomic E-state index is -4.38. The molecular weight excluding hydrogens is 470 g/mol. The number of aryl methyl sites for hydroxylation is 1. The Morgan fingerprint density at radius 3 is 2.53 bits per heavy atom. The molecule has 4 rings (SSSR count). The van der Waals surface area contributed by atoms with Crippen molar-refractivity contribution in [1.82, 2.24) is 14.7 Å². The van der Waals surface area contributed by atoms with Crippen LogP contribution in [-0.4, -0.2) is 46.1 Å². The van der Waals surface area contributed by atoms with Crippen molar-refractivity contribution in [2.24, 2.45) is 5.92 Å². The number of benzene rings is 1. The van der Waals surface area contributed by atoms with Crippen molar-refractivity contribution >= 4 is 0 Å². The van der Waals surface area contributed by atoms with Crippen LogP contribution in [0.1, 0.15) is 44.9 Å². The third kappa shape index (κ3) is 5.28. The number of allylic oxidation sites excluding steroid dienone is 2. The molecule has 1 aliphatic carbocycles. The highest BCUT2D eigenvalue weighted by Gasteiger charge is 2.37. The van der Waals surface area contributed by atoms with Crippen LogP contribution in [0.3, 0.4) is 0 Å². The molecule has 0 saturated carbocycles. The lowest BCUT2D eigenvalue weighted by Gasteiger charge is -2.41. The van der Waals surface area contributed by atoms with Crippen molar-refractivity contribution in [2.45, 2.75) is 64.5 Å². The van der Waals surface area contributed by atoms with Gasteiger partial charge in [0, 0.05) is 25.1 Å². The maximum Gasteiger partial charge on any atom is 0.416 e. The minimum Gasteiger partial charge on any atom is -0.474 e. The molecule has 1 saturated heterocycles. The van der Waals surface area contributed by atoms with Crippen LogP contribution >= 0.6 is 0 Å². The van der Waals surface area contributed by atoms with Crippen molar-refractivity contribution in [3.63, 3.8) is 0 Å². The number of rotatable bonds is 6. The summed E-state index contributed by atoms with van der Waals surface area (Å²) in [7, 11) is 0. The van der Waals surface area contributed by atoms with E-state index in [-0.39, 0.29) is 24.5 Å². The zero-order chi connectivity index (χ0) is 26.3. The molecule has 4 atom stereocenters. The fraction of sp³-hybridized carbons (Fsp3) is 0.464. The second kappa shape index (κ2) is 9.88. The Bertz CT molecular complexity index is 1180. The van der Waals surface area contributed by atoms with Gasteiger partial charge in [0.25, 0.3) is 0 Å². The van der Waals surface area contributed by atoms with E-state index >= 15 is 4.39 Å². The number of aromatic nitrogens is 2. The largest absolute Gasteiger partial charge is 0.474 e. The Morgan fingerprint density at radius 1 is 1.19 bits per heavy atom. The third-order valence-corrected chi connectivity index (χ3v) is 7.25. The van der Waals surface area contributed by atoms with Gasteiger partial charge < -0.3 is 4.74 Å². The fourth-order valence-corrected chi connectivity index (χ4v) is 4.78. The standard InChI is InChI=1S/C28H33F4N3O/c1-6-27(5,29)25-16-26(35(33-25)23-10-8-7-9-18(23)2)36-24-13-14-34(17-20(24)4)22-12-11-21(15-19(22)3)28(30,31)32/h7-12,15-16,20,22,24H,3,6,13-14,17H2,1-2,4-5H3. The smallest absolute Gasteiger partial charge is 0.416 e. The quantitative estimate of drug-likeness (QED) is 0.404. The number of ether oxygens (including phenoxy) is 1. The highest BCUT2D eigenvalue weighted by molar-refractivity contribution is 5.44. The number of hydrogen-bond donors (Lipinski definition) is 0. The highest BCUT2D eigenvalue weighted by atomic mass is 19.4. The molecule has 0 bridgehead atoms. The first-order valence-corrected chi connectivity index (χ1v) is 12.3. The van der Waals surface area contributed by atoms with E-state index in [4.69, 9.17) is 4.74 Å². The van der Waals surface area contributed by atoms with Crippen LogP contribution in [-0.2, 0) is 5.67 Å².